The number of benzene rings is 2. The first-order valence-corrected chi connectivity index (χ1v) is 13.2. The average Bonchev–Trinajstić information content (AvgIpc) is 3.51. The van der Waals surface area contributed by atoms with Gasteiger partial charge in [0, 0.05) is 28.4 Å². The molecule has 176 valence electrons. The zero-order valence-electron chi connectivity index (χ0n) is 19.5. The second kappa shape index (κ2) is 9.55. The Balaban J connectivity index is 1.36. The summed E-state index contributed by atoms with van der Waals surface area (Å²) in [7, 11) is 0. The van der Waals surface area contributed by atoms with E-state index in [2.05, 4.69) is 23.6 Å². The van der Waals surface area contributed by atoms with Crippen LogP contribution in [0.15, 0.2) is 66.0 Å². The molecule has 0 radical (unpaired) electrons. The molecular weight excluding hydrogens is 464 g/mol. The van der Waals surface area contributed by atoms with Gasteiger partial charge < -0.3 is 9.80 Å². The summed E-state index contributed by atoms with van der Waals surface area (Å²) >= 11 is 7.88. The number of hydrogen-bond acceptors (Lipinski definition) is 3. The largest absolute Gasteiger partial charge is 0.331 e. The first-order valence-electron chi connectivity index (χ1n) is 11.9. The van der Waals surface area contributed by atoms with Crippen LogP contribution in [0.25, 0.3) is 0 Å². The van der Waals surface area contributed by atoms with Crippen LogP contribution >= 0.6 is 22.9 Å². The van der Waals surface area contributed by atoms with Crippen LogP contribution in [-0.2, 0) is 16.0 Å². The second-order valence-electron chi connectivity index (χ2n) is 9.51. The normalized spacial score (nSPS) is 21.3. The predicted octanol–water partition coefficient (Wildman–Crippen LogP) is 5.92. The van der Waals surface area contributed by atoms with E-state index < -0.39 is 0 Å². The van der Waals surface area contributed by atoms with Gasteiger partial charge in [-0.15, -0.1) is 11.3 Å². The quantitative estimate of drug-likeness (QED) is 0.428. The van der Waals surface area contributed by atoms with E-state index in [1.807, 2.05) is 61.2 Å². The molecular formula is C28H29ClN2O2S. The van der Waals surface area contributed by atoms with Gasteiger partial charge in [-0.25, -0.2) is 0 Å². The molecule has 2 heterocycles. The van der Waals surface area contributed by atoms with E-state index in [1.54, 1.807) is 16.2 Å². The Hall–Kier alpha value is -2.63. The van der Waals surface area contributed by atoms with Gasteiger partial charge in [-0.1, -0.05) is 54.1 Å². The van der Waals surface area contributed by atoms with Crippen LogP contribution in [0.5, 0.6) is 0 Å². The zero-order valence-corrected chi connectivity index (χ0v) is 21.1. The lowest BCUT2D eigenvalue weighted by Gasteiger charge is -2.38. The zero-order chi connectivity index (χ0) is 23.8. The maximum atomic E-state index is 13.7. The fourth-order valence-electron chi connectivity index (χ4n) is 5.09. The van der Waals surface area contributed by atoms with E-state index in [0.29, 0.717) is 11.6 Å². The van der Waals surface area contributed by atoms with E-state index in [4.69, 9.17) is 11.6 Å². The molecule has 3 atom stereocenters. The highest BCUT2D eigenvalue weighted by molar-refractivity contribution is 7.10. The molecule has 1 aliphatic carbocycles. The minimum absolute atomic E-state index is 0.00392. The van der Waals surface area contributed by atoms with Crippen molar-refractivity contribution in [3.63, 3.8) is 0 Å². The number of fused-ring (bicyclic) bond motifs is 1. The second-order valence-corrected chi connectivity index (χ2v) is 10.9. The molecule has 1 fully saturated rings. The van der Waals surface area contributed by atoms with Gasteiger partial charge in [0.25, 0.3) is 0 Å². The number of hydrogen-bond donors (Lipinski definition) is 0. The Labute approximate surface area is 210 Å². The number of carbonyl (C=O) groups excluding carboxylic acids is 2. The van der Waals surface area contributed by atoms with Crippen LogP contribution in [0, 0.1) is 5.92 Å². The Morgan fingerprint density at radius 2 is 1.79 bits per heavy atom. The number of thiophene rings is 1. The summed E-state index contributed by atoms with van der Waals surface area (Å²) < 4.78 is 0. The molecule has 0 spiro atoms. The van der Waals surface area contributed by atoms with Crippen LogP contribution in [0.1, 0.15) is 53.8 Å². The number of halogens is 1. The first kappa shape index (κ1) is 23.1. The summed E-state index contributed by atoms with van der Waals surface area (Å²) in [6, 6.07) is 19.9. The molecule has 1 aromatic heterocycles. The molecule has 2 amide bonds. The predicted molar refractivity (Wildman–Crippen MR) is 137 cm³/mol. The van der Waals surface area contributed by atoms with Crippen molar-refractivity contribution in [1.82, 2.24) is 9.80 Å². The molecule has 1 aliphatic heterocycles. The molecule has 3 aromatic rings. The van der Waals surface area contributed by atoms with Crippen molar-refractivity contribution in [2.75, 3.05) is 13.1 Å². The fraction of sp³-hybridized carbons (Fsp3) is 0.357. The highest BCUT2D eigenvalue weighted by Crippen LogP contribution is 2.48. The number of amides is 2. The highest BCUT2D eigenvalue weighted by Gasteiger charge is 2.46. The summed E-state index contributed by atoms with van der Waals surface area (Å²) in [5.74, 6) is 0.314. The Bertz CT molecular complexity index is 1170. The average molecular weight is 493 g/mol. The van der Waals surface area contributed by atoms with Crippen molar-refractivity contribution in [3.8, 4) is 0 Å². The maximum absolute atomic E-state index is 13.7. The molecule has 3 unspecified atom stereocenters. The van der Waals surface area contributed by atoms with Crippen molar-refractivity contribution in [1.29, 1.82) is 0 Å². The van der Waals surface area contributed by atoms with Gasteiger partial charge in [-0.2, -0.15) is 0 Å². The van der Waals surface area contributed by atoms with Crippen LogP contribution in [0.4, 0.5) is 0 Å². The minimum Gasteiger partial charge on any atom is -0.331 e. The lowest BCUT2D eigenvalue weighted by atomic mass is 9.93. The molecule has 2 aromatic carbocycles. The Kier molecular flexibility index (Phi) is 6.50. The third kappa shape index (κ3) is 4.51. The molecule has 1 saturated carbocycles. The smallest absolute Gasteiger partial charge is 0.243 e. The van der Waals surface area contributed by atoms with Gasteiger partial charge >= 0.3 is 0 Å². The van der Waals surface area contributed by atoms with Crippen LogP contribution in [0.3, 0.4) is 0 Å². The lowest BCUT2D eigenvalue weighted by molar-refractivity contribution is -0.144. The Morgan fingerprint density at radius 3 is 2.50 bits per heavy atom. The van der Waals surface area contributed by atoms with E-state index in [9.17, 15) is 9.59 Å². The molecule has 0 saturated heterocycles. The van der Waals surface area contributed by atoms with Gasteiger partial charge in [0.1, 0.15) is 6.54 Å². The molecule has 34 heavy (non-hydrogen) atoms. The number of rotatable bonds is 6. The molecule has 6 heteroatoms. The lowest BCUT2D eigenvalue weighted by Crippen LogP contribution is -2.49. The highest BCUT2D eigenvalue weighted by atomic mass is 35.5. The van der Waals surface area contributed by atoms with Gasteiger partial charge in [0.05, 0.1) is 6.04 Å². The molecule has 5 rings (SSSR count). The summed E-state index contributed by atoms with van der Waals surface area (Å²) in [6.07, 6.45) is 1.70. The van der Waals surface area contributed by atoms with E-state index in [1.165, 1.54) is 16.0 Å². The summed E-state index contributed by atoms with van der Waals surface area (Å²) in [4.78, 5) is 32.2. The SMILES string of the molecule is CC(C)N(CC(=O)N1CCc2sccc2C1c1ccc(Cl)cc1)C(=O)C1CC1c1ccccc1. The summed E-state index contributed by atoms with van der Waals surface area (Å²) in [5, 5.41) is 2.78. The van der Waals surface area contributed by atoms with Crippen molar-refractivity contribution in [2.45, 2.75) is 44.7 Å². The maximum Gasteiger partial charge on any atom is 0.243 e. The third-order valence-corrected chi connectivity index (χ3v) is 8.27. The number of nitrogens with zero attached hydrogens (tertiary/aromatic N) is 2. The van der Waals surface area contributed by atoms with Crippen LogP contribution in [0.2, 0.25) is 5.02 Å². The van der Waals surface area contributed by atoms with Gasteiger partial charge in [-0.3, -0.25) is 9.59 Å². The Morgan fingerprint density at radius 1 is 1.06 bits per heavy atom. The van der Waals surface area contributed by atoms with Crippen LogP contribution in [-0.4, -0.2) is 40.7 Å². The van der Waals surface area contributed by atoms with E-state index in [-0.39, 0.29) is 42.3 Å². The first-order chi connectivity index (χ1) is 16.4. The summed E-state index contributed by atoms with van der Waals surface area (Å²) in [6.45, 7) is 4.75. The van der Waals surface area contributed by atoms with Crippen molar-refractivity contribution >= 4 is 34.8 Å². The molecule has 4 nitrogen and oxygen atoms in total. The third-order valence-electron chi connectivity index (χ3n) is 7.02. The monoisotopic (exact) mass is 492 g/mol. The molecule has 0 N–H and O–H groups in total. The van der Waals surface area contributed by atoms with E-state index >= 15 is 0 Å². The topological polar surface area (TPSA) is 40.6 Å². The van der Waals surface area contributed by atoms with Crippen molar-refractivity contribution < 1.29 is 9.59 Å². The van der Waals surface area contributed by atoms with Crippen LogP contribution < -0.4 is 0 Å². The van der Waals surface area contributed by atoms with Crippen molar-refractivity contribution in [2.24, 2.45) is 5.92 Å². The fourth-order valence-corrected chi connectivity index (χ4v) is 6.12. The number of carbonyl (C=O) groups is 2. The minimum atomic E-state index is -0.151. The van der Waals surface area contributed by atoms with Crippen molar-refractivity contribution in [3.05, 3.63) is 92.6 Å². The molecule has 2 aliphatic rings. The van der Waals surface area contributed by atoms with Gasteiger partial charge in [0.2, 0.25) is 11.8 Å². The van der Waals surface area contributed by atoms with Gasteiger partial charge in [0.15, 0.2) is 0 Å². The summed E-state index contributed by atoms with van der Waals surface area (Å²) in [5.41, 5.74) is 3.44. The molecule has 0 bridgehead atoms. The standard InChI is InChI=1S/C28H29ClN2O2S/c1-18(2)31(28(33)24-16-23(24)19-6-4-3-5-7-19)17-26(32)30-14-12-25-22(13-15-34-25)27(30)20-8-10-21(29)11-9-20/h3-11,13,15,18,23-24,27H,12,14,16-17H2,1-2H3. The van der Waals surface area contributed by atoms with Gasteiger partial charge in [-0.05, 0) is 72.9 Å². The van der Waals surface area contributed by atoms with E-state index in [0.717, 1.165) is 18.4 Å².